The first-order valence-electron chi connectivity index (χ1n) is 3.31. The summed E-state index contributed by atoms with van der Waals surface area (Å²) in [5, 5.41) is 0. The van der Waals surface area contributed by atoms with Gasteiger partial charge in [-0.1, -0.05) is 19.2 Å². The lowest BCUT2D eigenvalue weighted by atomic mass is 10.3. The fourth-order valence-electron chi connectivity index (χ4n) is 0.557. The first-order chi connectivity index (χ1) is 4.63. The van der Waals surface area contributed by atoms with Crippen LogP contribution in [0.4, 0.5) is 0 Å². The summed E-state index contributed by atoms with van der Waals surface area (Å²) >= 11 is 0. The monoisotopic (exact) mass is 137 g/mol. The van der Waals surface area contributed by atoms with Crippen LogP contribution in [0, 0.1) is 0 Å². The second-order valence-electron chi connectivity index (χ2n) is 2.18. The van der Waals surface area contributed by atoms with E-state index in [9.17, 15) is 0 Å². The van der Waals surface area contributed by atoms with Crippen molar-refractivity contribution in [1.29, 1.82) is 0 Å². The van der Waals surface area contributed by atoms with Crippen molar-refractivity contribution in [1.82, 2.24) is 4.90 Å². The van der Waals surface area contributed by atoms with Gasteiger partial charge in [-0.25, -0.2) is 0 Å². The Morgan fingerprint density at radius 2 is 2.00 bits per heavy atom. The molecule has 0 aromatic heterocycles. The molecule has 0 aromatic rings. The molecule has 0 radical (unpaired) electrons. The molecule has 1 heteroatoms. The van der Waals surface area contributed by atoms with Crippen LogP contribution in [0.3, 0.4) is 0 Å². The maximum Gasteiger partial charge on any atom is 0.0326 e. The molecular formula is C9H15N. The molecule has 0 fully saturated rings. The van der Waals surface area contributed by atoms with E-state index in [1.807, 2.05) is 31.9 Å². The zero-order valence-electron chi connectivity index (χ0n) is 7.02. The van der Waals surface area contributed by atoms with Crippen LogP contribution in [0.2, 0.25) is 0 Å². The Morgan fingerprint density at radius 3 is 2.30 bits per heavy atom. The maximum absolute atomic E-state index is 3.81. The van der Waals surface area contributed by atoms with Crippen LogP contribution >= 0.6 is 0 Å². The van der Waals surface area contributed by atoms with Gasteiger partial charge >= 0.3 is 0 Å². The van der Waals surface area contributed by atoms with Crippen molar-refractivity contribution in [3.8, 4) is 0 Å². The molecule has 0 amide bonds. The van der Waals surface area contributed by atoms with Gasteiger partial charge in [-0.3, -0.25) is 0 Å². The minimum atomic E-state index is 0.926. The minimum absolute atomic E-state index is 0.926. The predicted molar refractivity (Wildman–Crippen MR) is 46.5 cm³/mol. The van der Waals surface area contributed by atoms with E-state index in [1.54, 1.807) is 6.08 Å². The Bertz CT molecular complexity index is 164. The Kier molecular flexibility index (Phi) is 3.55. The fraction of sp³-hybridized carbons (Fsp3) is 0.333. The van der Waals surface area contributed by atoms with Gasteiger partial charge in [0.25, 0.3) is 0 Å². The number of hydrogen-bond acceptors (Lipinski definition) is 1. The lowest BCUT2D eigenvalue weighted by Gasteiger charge is -2.19. The smallest absolute Gasteiger partial charge is 0.0326 e. The van der Waals surface area contributed by atoms with Crippen LogP contribution in [0.15, 0.2) is 36.7 Å². The van der Waals surface area contributed by atoms with E-state index in [4.69, 9.17) is 0 Å². The highest BCUT2D eigenvalue weighted by Gasteiger charge is 1.96. The van der Waals surface area contributed by atoms with Gasteiger partial charge in [0.05, 0.1) is 0 Å². The molecule has 0 unspecified atom stereocenters. The topological polar surface area (TPSA) is 3.24 Å². The van der Waals surface area contributed by atoms with Gasteiger partial charge < -0.3 is 4.90 Å². The van der Waals surface area contributed by atoms with Crippen LogP contribution < -0.4 is 0 Å². The molecule has 0 aliphatic carbocycles. The zero-order valence-corrected chi connectivity index (χ0v) is 7.02. The van der Waals surface area contributed by atoms with Gasteiger partial charge in [0, 0.05) is 18.4 Å². The van der Waals surface area contributed by atoms with E-state index >= 15 is 0 Å². The van der Waals surface area contributed by atoms with Gasteiger partial charge in [-0.05, 0) is 19.9 Å². The van der Waals surface area contributed by atoms with Crippen LogP contribution in [0.5, 0.6) is 0 Å². The predicted octanol–water partition coefficient (Wildman–Crippen LogP) is 2.54. The van der Waals surface area contributed by atoms with E-state index in [0.29, 0.717) is 0 Å². The van der Waals surface area contributed by atoms with Crippen LogP contribution in [0.1, 0.15) is 13.8 Å². The van der Waals surface area contributed by atoms with Crippen molar-refractivity contribution in [2.75, 3.05) is 7.05 Å². The molecule has 0 rings (SSSR count). The maximum atomic E-state index is 3.81. The van der Waals surface area contributed by atoms with Crippen molar-refractivity contribution in [3.63, 3.8) is 0 Å². The average Bonchev–Trinajstić information content (AvgIpc) is 2.00. The lowest BCUT2D eigenvalue weighted by molar-refractivity contribution is 0.539. The first-order valence-corrected chi connectivity index (χ1v) is 3.31. The Hall–Kier alpha value is -0.980. The molecule has 0 heterocycles. The van der Waals surface area contributed by atoms with E-state index in [0.717, 1.165) is 5.70 Å². The highest BCUT2D eigenvalue weighted by molar-refractivity contribution is 5.15. The highest BCUT2D eigenvalue weighted by atomic mass is 15.1. The summed E-state index contributed by atoms with van der Waals surface area (Å²) in [6.45, 7) is 11.5. The van der Waals surface area contributed by atoms with Gasteiger partial charge in [0.1, 0.15) is 0 Å². The third-order valence-electron chi connectivity index (χ3n) is 1.61. The highest BCUT2D eigenvalue weighted by Crippen LogP contribution is 2.07. The number of allylic oxidation sites excluding steroid dienone is 3. The molecule has 0 N–H and O–H groups in total. The van der Waals surface area contributed by atoms with E-state index in [-0.39, 0.29) is 0 Å². The summed E-state index contributed by atoms with van der Waals surface area (Å²) in [7, 11) is 1.97. The Morgan fingerprint density at radius 1 is 1.50 bits per heavy atom. The third-order valence-corrected chi connectivity index (χ3v) is 1.61. The molecule has 1 nitrogen and oxygen atoms in total. The summed E-state index contributed by atoms with van der Waals surface area (Å²) < 4.78 is 0. The molecule has 0 bridgehead atoms. The second-order valence-corrected chi connectivity index (χ2v) is 2.18. The van der Waals surface area contributed by atoms with Crippen molar-refractivity contribution in [2.45, 2.75) is 13.8 Å². The molecular weight excluding hydrogens is 122 g/mol. The van der Waals surface area contributed by atoms with Crippen LogP contribution in [-0.4, -0.2) is 11.9 Å². The molecule has 0 aromatic carbocycles. The van der Waals surface area contributed by atoms with Crippen LogP contribution in [0.25, 0.3) is 0 Å². The summed E-state index contributed by atoms with van der Waals surface area (Å²) in [4.78, 5) is 1.99. The van der Waals surface area contributed by atoms with Gasteiger partial charge in [0.15, 0.2) is 0 Å². The summed E-state index contributed by atoms with van der Waals surface area (Å²) in [6, 6.07) is 0. The summed E-state index contributed by atoms with van der Waals surface area (Å²) in [6.07, 6.45) is 3.78. The Balaban J connectivity index is 4.21. The molecule has 0 atom stereocenters. The minimum Gasteiger partial charge on any atom is -0.349 e. The molecule has 56 valence electrons. The molecule has 0 aliphatic rings. The number of nitrogens with zero attached hydrogens (tertiary/aromatic N) is 1. The van der Waals surface area contributed by atoms with Gasteiger partial charge in [-0.15, -0.1) is 0 Å². The summed E-state index contributed by atoms with van der Waals surface area (Å²) in [5.41, 5.74) is 2.11. The van der Waals surface area contributed by atoms with Crippen molar-refractivity contribution >= 4 is 0 Å². The molecule has 10 heavy (non-hydrogen) atoms. The van der Waals surface area contributed by atoms with E-state index < -0.39 is 0 Å². The van der Waals surface area contributed by atoms with E-state index in [1.165, 1.54) is 5.70 Å². The molecule has 0 saturated carbocycles. The van der Waals surface area contributed by atoms with Crippen molar-refractivity contribution in [3.05, 3.63) is 36.7 Å². The van der Waals surface area contributed by atoms with Gasteiger partial charge in [0.2, 0.25) is 0 Å². The quantitative estimate of drug-likeness (QED) is 0.540. The van der Waals surface area contributed by atoms with E-state index in [2.05, 4.69) is 13.2 Å². The number of rotatable bonds is 3. The number of likely N-dealkylation sites (N-methyl/N-ethyl adjacent to an activating group) is 1. The average molecular weight is 137 g/mol. The summed E-state index contributed by atoms with van der Waals surface area (Å²) in [5.74, 6) is 0. The first kappa shape index (κ1) is 9.02. The Labute approximate surface area is 63.3 Å². The largest absolute Gasteiger partial charge is 0.349 e. The zero-order chi connectivity index (χ0) is 8.15. The number of hydrogen-bond donors (Lipinski definition) is 0. The second kappa shape index (κ2) is 3.94. The normalized spacial score (nSPS) is 10.9. The molecule has 0 saturated heterocycles. The van der Waals surface area contributed by atoms with Crippen LogP contribution in [-0.2, 0) is 0 Å². The SMILES string of the molecule is C=CC(=C)N(C)/C(C)=C/C. The fourth-order valence-corrected chi connectivity index (χ4v) is 0.557. The standard InChI is InChI=1S/C9H15N/c1-6-8(3)10(5)9(4)7-2/h6-7H,1,3H2,2,4-5H3/b9-7+. The van der Waals surface area contributed by atoms with Gasteiger partial charge in [-0.2, -0.15) is 0 Å². The van der Waals surface area contributed by atoms with Crippen molar-refractivity contribution < 1.29 is 0 Å². The third kappa shape index (κ3) is 2.09. The van der Waals surface area contributed by atoms with Crippen molar-refractivity contribution in [2.24, 2.45) is 0 Å². The molecule has 0 spiro atoms. The molecule has 0 aliphatic heterocycles. The lowest BCUT2D eigenvalue weighted by Crippen LogP contribution is -2.12.